The number of halogens is 1. The molecule has 1 N–H and O–H groups in total. The topological polar surface area (TPSA) is 95.2 Å². The number of methoxy groups -OCH3 is 2. The number of ether oxygens (including phenoxy) is 3. The lowest BCUT2D eigenvalue weighted by atomic mass is 9.82. The second kappa shape index (κ2) is 7.91. The Labute approximate surface area is 176 Å². The van der Waals surface area contributed by atoms with Crippen LogP contribution in [-0.4, -0.2) is 31.4 Å². The van der Waals surface area contributed by atoms with Gasteiger partial charge in [-0.15, -0.1) is 0 Å². The number of benzene rings is 2. The lowest BCUT2D eigenvalue weighted by Gasteiger charge is -2.34. The molecule has 2 unspecified atom stereocenters. The first-order valence-electron chi connectivity index (χ1n) is 9.31. The maximum Gasteiger partial charge on any atom is 0.310 e. The van der Waals surface area contributed by atoms with Gasteiger partial charge in [0.15, 0.2) is 22.5 Å². The van der Waals surface area contributed by atoms with Crippen molar-refractivity contribution in [2.75, 3.05) is 14.2 Å². The van der Waals surface area contributed by atoms with E-state index >= 15 is 0 Å². The third kappa shape index (κ3) is 3.45. The Morgan fingerprint density at radius 1 is 1.10 bits per heavy atom. The van der Waals surface area contributed by atoms with Crippen LogP contribution in [0.3, 0.4) is 0 Å². The Kier molecular flexibility index (Phi) is 5.30. The lowest BCUT2D eigenvalue weighted by Crippen LogP contribution is -2.41. The van der Waals surface area contributed by atoms with E-state index in [-0.39, 0.29) is 16.8 Å². The van der Waals surface area contributed by atoms with Crippen molar-refractivity contribution in [1.29, 1.82) is 0 Å². The summed E-state index contributed by atoms with van der Waals surface area (Å²) >= 11 is 6.22. The van der Waals surface area contributed by atoms with Crippen LogP contribution in [0.4, 0.5) is 0 Å². The van der Waals surface area contributed by atoms with Gasteiger partial charge in [0, 0.05) is 12.1 Å². The maximum absolute atomic E-state index is 12.6. The second-order valence-electron chi connectivity index (χ2n) is 6.97. The van der Waals surface area contributed by atoms with E-state index in [1.165, 1.54) is 20.3 Å². The minimum Gasteiger partial charge on any atom is -0.496 e. The number of carboxylic acids is 1. The van der Waals surface area contributed by atoms with Gasteiger partial charge in [0.1, 0.15) is 17.6 Å². The minimum absolute atomic E-state index is 0.244. The van der Waals surface area contributed by atoms with Crippen molar-refractivity contribution in [2.45, 2.75) is 18.9 Å². The van der Waals surface area contributed by atoms with Crippen LogP contribution in [0, 0.1) is 5.92 Å². The molecule has 0 amide bonds. The van der Waals surface area contributed by atoms with Crippen molar-refractivity contribution < 1.29 is 28.5 Å². The van der Waals surface area contributed by atoms with Crippen molar-refractivity contribution in [3.05, 3.63) is 51.6 Å². The molecule has 0 bridgehead atoms. The number of para-hydroxylation sites is 1. The fourth-order valence-corrected chi connectivity index (χ4v) is 3.70. The van der Waals surface area contributed by atoms with Crippen LogP contribution in [0.15, 0.2) is 45.6 Å². The molecule has 156 valence electrons. The summed E-state index contributed by atoms with van der Waals surface area (Å²) in [6.45, 7) is 0. The van der Waals surface area contributed by atoms with Gasteiger partial charge in [0.05, 0.1) is 36.1 Å². The highest BCUT2D eigenvalue weighted by Gasteiger charge is 2.39. The summed E-state index contributed by atoms with van der Waals surface area (Å²) in [7, 11) is 2.96. The molecule has 4 rings (SSSR count). The molecule has 2 aromatic carbocycles. The Bertz CT molecular complexity index is 1180. The number of rotatable bonds is 6. The average Bonchev–Trinajstić information content (AvgIpc) is 2.70. The van der Waals surface area contributed by atoms with Gasteiger partial charge in [-0.1, -0.05) is 17.7 Å². The molecule has 8 heteroatoms. The van der Waals surface area contributed by atoms with Gasteiger partial charge in [0.2, 0.25) is 0 Å². The van der Waals surface area contributed by atoms with Crippen molar-refractivity contribution in [3.63, 3.8) is 0 Å². The van der Waals surface area contributed by atoms with Gasteiger partial charge < -0.3 is 23.7 Å². The Morgan fingerprint density at radius 2 is 1.87 bits per heavy atom. The molecular weight excluding hydrogens is 412 g/mol. The standard InChI is InChI=1S/C22H19ClO7/c1-27-17-10-19(28-2)20(29-16-7-6-12(16)22(25)26)8-13(17)18-9-15(24)11-4-3-5-14(23)21(11)30-18/h3-5,8-10,12,16H,6-7H2,1-2H3,(H,25,26). The highest BCUT2D eigenvalue weighted by Crippen LogP contribution is 2.43. The van der Waals surface area contributed by atoms with Crippen molar-refractivity contribution >= 4 is 28.5 Å². The van der Waals surface area contributed by atoms with Crippen LogP contribution in [0.25, 0.3) is 22.3 Å². The van der Waals surface area contributed by atoms with Crippen LogP contribution in [-0.2, 0) is 4.79 Å². The van der Waals surface area contributed by atoms with Gasteiger partial charge in [-0.3, -0.25) is 9.59 Å². The molecule has 1 fully saturated rings. The molecule has 30 heavy (non-hydrogen) atoms. The van der Waals surface area contributed by atoms with Crippen LogP contribution >= 0.6 is 11.6 Å². The maximum atomic E-state index is 12.6. The third-order valence-electron chi connectivity index (χ3n) is 5.26. The van der Waals surface area contributed by atoms with Gasteiger partial charge in [-0.25, -0.2) is 0 Å². The number of carbonyl (C=O) groups is 1. The van der Waals surface area contributed by atoms with E-state index in [0.717, 1.165) is 0 Å². The minimum atomic E-state index is -0.894. The van der Waals surface area contributed by atoms with Crippen molar-refractivity contribution in [1.82, 2.24) is 0 Å². The highest BCUT2D eigenvalue weighted by molar-refractivity contribution is 6.34. The summed E-state index contributed by atoms with van der Waals surface area (Å²) in [5.74, 6) is -0.101. The first kappa shape index (κ1) is 20.1. The van der Waals surface area contributed by atoms with Gasteiger partial charge in [-0.2, -0.15) is 0 Å². The first-order valence-corrected chi connectivity index (χ1v) is 9.69. The molecular formula is C22H19ClO7. The normalized spacial score (nSPS) is 18.0. The SMILES string of the molecule is COc1cc(OC)c(-c2cc(=O)c3cccc(Cl)c3o2)cc1OC1CCC1C(=O)O. The fourth-order valence-electron chi connectivity index (χ4n) is 3.49. The number of hydrogen-bond donors (Lipinski definition) is 1. The van der Waals surface area contributed by atoms with Gasteiger partial charge in [0.25, 0.3) is 0 Å². The molecule has 1 saturated carbocycles. The number of aliphatic carboxylic acids is 1. The second-order valence-corrected chi connectivity index (χ2v) is 7.38. The molecule has 0 spiro atoms. The third-order valence-corrected chi connectivity index (χ3v) is 5.56. The zero-order valence-electron chi connectivity index (χ0n) is 16.3. The molecule has 1 aromatic heterocycles. The van der Waals surface area contributed by atoms with Crippen LogP contribution in [0.5, 0.6) is 17.2 Å². The van der Waals surface area contributed by atoms with E-state index in [0.29, 0.717) is 46.1 Å². The molecule has 0 radical (unpaired) electrons. The molecule has 3 aromatic rings. The summed E-state index contributed by atoms with van der Waals surface area (Å²) in [5.41, 5.74) is 0.476. The Hall–Kier alpha value is -3.19. The highest BCUT2D eigenvalue weighted by atomic mass is 35.5. The molecule has 0 saturated heterocycles. The molecule has 2 atom stereocenters. The fraction of sp³-hybridized carbons (Fsp3) is 0.273. The van der Waals surface area contributed by atoms with E-state index in [1.807, 2.05) is 0 Å². The van der Waals surface area contributed by atoms with E-state index in [9.17, 15) is 14.7 Å². The zero-order valence-corrected chi connectivity index (χ0v) is 17.1. The molecule has 0 aliphatic heterocycles. The monoisotopic (exact) mass is 430 g/mol. The van der Waals surface area contributed by atoms with Crippen LogP contribution < -0.4 is 19.6 Å². The van der Waals surface area contributed by atoms with E-state index in [2.05, 4.69) is 0 Å². The number of fused-ring (bicyclic) bond motifs is 1. The lowest BCUT2D eigenvalue weighted by molar-refractivity contribution is -0.150. The largest absolute Gasteiger partial charge is 0.496 e. The zero-order chi connectivity index (χ0) is 21.4. The van der Waals surface area contributed by atoms with Gasteiger partial charge in [-0.05, 0) is 31.0 Å². The summed E-state index contributed by atoms with van der Waals surface area (Å²) in [5, 5.41) is 9.97. The van der Waals surface area contributed by atoms with E-state index < -0.39 is 18.0 Å². The Morgan fingerprint density at radius 3 is 2.50 bits per heavy atom. The molecule has 1 aliphatic rings. The van der Waals surface area contributed by atoms with Crippen LogP contribution in [0.1, 0.15) is 12.8 Å². The average molecular weight is 431 g/mol. The number of carboxylic acid groups (broad SMARTS) is 1. The van der Waals surface area contributed by atoms with Crippen molar-refractivity contribution in [3.8, 4) is 28.6 Å². The van der Waals surface area contributed by atoms with Crippen LogP contribution in [0.2, 0.25) is 5.02 Å². The molecule has 7 nitrogen and oxygen atoms in total. The Balaban J connectivity index is 1.83. The van der Waals surface area contributed by atoms with E-state index in [1.54, 1.807) is 30.3 Å². The first-order chi connectivity index (χ1) is 14.4. The quantitative estimate of drug-likeness (QED) is 0.620. The van der Waals surface area contributed by atoms with Crippen molar-refractivity contribution in [2.24, 2.45) is 5.92 Å². The summed E-state index contributed by atoms with van der Waals surface area (Å²) in [6, 6.07) is 9.54. The summed E-state index contributed by atoms with van der Waals surface area (Å²) in [4.78, 5) is 23.9. The molecule has 1 aliphatic carbocycles. The molecule has 1 heterocycles. The number of hydrogen-bond acceptors (Lipinski definition) is 6. The predicted molar refractivity (Wildman–Crippen MR) is 111 cm³/mol. The van der Waals surface area contributed by atoms with Gasteiger partial charge >= 0.3 is 5.97 Å². The van der Waals surface area contributed by atoms with E-state index in [4.69, 9.17) is 30.2 Å². The summed E-state index contributed by atoms with van der Waals surface area (Å²) in [6.07, 6.45) is 0.724. The smallest absolute Gasteiger partial charge is 0.310 e. The summed E-state index contributed by atoms with van der Waals surface area (Å²) < 4.78 is 22.7. The predicted octanol–water partition coefficient (Wildman–Crippen LogP) is 4.37.